The lowest BCUT2D eigenvalue weighted by Crippen LogP contribution is -2.32. The Labute approximate surface area is 139 Å². The molecule has 1 atom stereocenters. The number of anilines is 1. The van der Waals surface area contributed by atoms with Gasteiger partial charge in [-0.2, -0.15) is 0 Å². The first kappa shape index (κ1) is 16.1. The van der Waals surface area contributed by atoms with Gasteiger partial charge in [0.15, 0.2) is 17.6 Å². The van der Waals surface area contributed by atoms with Crippen LogP contribution in [0.3, 0.4) is 0 Å². The highest BCUT2D eigenvalue weighted by Crippen LogP contribution is 2.32. The second-order valence-electron chi connectivity index (χ2n) is 5.32. The highest BCUT2D eigenvalue weighted by molar-refractivity contribution is 5.94. The maximum atomic E-state index is 12.9. The smallest absolute Gasteiger partial charge is 0.265 e. The molecular weight excluding hydrogens is 313 g/mol. The SMILES string of the molecule is CC[C@@H](Oc1ccc(F)cc1)C(=O)Nc1ccc2c(c1)OCCO2. The zero-order chi connectivity index (χ0) is 16.9. The van der Waals surface area contributed by atoms with Crippen LogP contribution in [0.2, 0.25) is 0 Å². The van der Waals surface area contributed by atoms with Crippen LogP contribution in [0.15, 0.2) is 42.5 Å². The van der Waals surface area contributed by atoms with Crippen LogP contribution in [0.5, 0.6) is 17.2 Å². The normalized spacial score (nSPS) is 13.9. The number of hydrogen-bond acceptors (Lipinski definition) is 4. The summed E-state index contributed by atoms with van der Waals surface area (Å²) in [5.74, 6) is 1.08. The van der Waals surface area contributed by atoms with E-state index in [4.69, 9.17) is 14.2 Å². The van der Waals surface area contributed by atoms with Crippen LogP contribution in [0.25, 0.3) is 0 Å². The number of amides is 1. The largest absolute Gasteiger partial charge is 0.486 e. The molecule has 1 N–H and O–H groups in total. The first-order valence-corrected chi connectivity index (χ1v) is 7.78. The zero-order valence-electron chi connectivity index (χ0n) is 13.3. The van der Waals surface area contributed by atoms with Gasteiger partial charge in [0.2, 0.25) is 0 Å². The molecule has 1 aliphatic rings. The van der Waals surface area contributed by atoms with Crippen molar-refractivity contribution in [3.63, 3.8) is 0 Å². The van der Waals surface area contributed by atoms with Gasteiger partial charge in [-0.05, 0) is 42.8 Å². The van der Waals surface area contributed by atoms with E-state index >= 15 is 0 Å². The lowest BCUT2D eigenvalue weighted by Gasteiger charge is -2.20. The predicted molar refractivity (Wildman–Crippen MR) is 87.2 cm³/mol. The minimum absolute atomic E-state index is 0.279. The van der Waals surface area contributed by atoms with Crippen molar-refractivity contribution in [3.8, 4) is 17.2 Å². The first-order valence-electron chi connectivity index (χ1n) is 7.78. The Balaban J connectivity index is 1.67. The molecule has 126 valence electrons. The number of ether oxygens (including phenoxy) is 3. The van der Waals surface area contributed by atoms with Crippen molar-refractivity contribution in [2.24, 2.45) is 0 Å². The summed E-state index contributed by atoms with van der Waals surface area (Å²) >= 11 is 0. The Bertz CT molecular complexity index is 717. The summed E-state index contributed by atoms with van der Waals surface area (Å²) in [6.07, 6.45) is -0.197. The van der Waals surface area contributed by atoms with Crippen molar-refractivity contribution in [3.05, 3.63) is 48.3 Å². The zero-order valence-corrected chi connectivity index (χ0v) is 13.3. The van der Waals surface area contributed by atoms with Gasteiger partial charge in [0.1, 0.15) is 24.8 Å². The third-order valence-electron chi connectivity index (χ3n) is 3.56. The molecule has 0 saturated carbocycles. The molecule has 1 amide bonds. The summed E-state index contributed by atoms with van der Waals surface area (Å²) in [7, 11) is 0. The van der Waals surface area contributed by atoms with Gasteiger partial charge in [-0.3, -0.25) is 4.79 Å². The molecule has 2 aromatic carbocycles. The summed E-state index contributed by atoms with van der Waals surface area (Å²) < 4.78 is 29.5. The third-order valence-corrected chi connectivity index (χ3v) is 3.56. The number of halogens is 1. The summed E-state index contributed by atoms with van der Waals surface area (Å²) in [6.45, 7) is 2.84. The number of benzene rings is 2. The maximum Gasteiger partial charge on any atom is 0.265 e. The Morgan fingerprint density at radius 3 is 2.58 bits per heavy atom. The van der Waals surface area contributed by atoms with E-state index in [0.717, 1.165) is 0 Å². The van der Waals surface area contributed by atoms with E-state index in [1.165, 1.54) is 24.3 Å². The van der Waals surface area contributed by atoms with Crippen LogP contribution in [0, 0.1) is 5.82 Å². The van der Waals surface area contributed by atoms with Crippen molar-refractivity contribution < 1.29 is 23.4 Å². The number of carbonyl (C=O) groups is 1. The fourth-order valence-electron chi connectivity index (χ4n) is 2.34. The number of fused-ring (bicyclic) bond motifs is 1. The average molecular weight is 331 g/mol. The Hall–Kier alpha value is -2.76. The fourth-order valence-corrected chi connectivity index (χ4v) is 2.34. The quantitative estimate of drug-likeness (QED) is 0.912. The van der Waals surface area contributed by atoms with Gasteiger partial charge >= 0.3 is 0 Å². The molecule has 2 aromatic rings. The van der Waals surface area contributed by atoms with Crippen molar-refractivity contribution in [1.82, 2.24) is 0 Å². The van der Waals surface area contributed by atoms with Crippen molar-refractivity contribution >= 4 is 11.6 Å². The van der Waals surface area contributed by atoms with E-state index in [1.54, 1.807) is 18.2 Å². The monoisotopic (exact) mass is 331 g/mol. The first-order chi connectivity index (χ1) is 11.7. The lowest BCUT2D eigenvalue weighted by molar-refractivity contribution is -0.122. The highest BCUT2D eigenvalue weighted by Gasteiger charge is 2.20. The summed E-state index contributed by atoms with van der Waals surface area (Å²) in [5, 5.41) is 2.80. The van der Waals surface area contributed by atoms with E-state index in [-0.39, 0.29) is 11.7 Å². The molecule has 0 bridgehead atoms. The van der Waals surface area contributed by atoms with Crippen LogP contribution in [-0.4, -0.2) is 25.2 Å². The third kappa shape index (κ3) is 3.76. The Kier molecular flexibility index (Phi) is 4.84. The van der Waals surface area contributed by atoms with Gasteiger partial charge in [0, 0.05) is 11.8 Å². The van der Waals surface area contributed by atoms with Crippen molar-refractivity contribution in [2.75, 3.05) is 18.5 Å². The summed E-state index contributed by atoms with van der Waals surface area (Å²) in [5.41, 5.74) is 0.602. The molecule has 1 heterocycles. The van der Waals surface area contributed by atoms with Gasteiger partial charge in [0.05, 0.1) is 0 Å². The molecular formula is C18H18FNO4. The van der Waals surface area contributed by atoms with E-state index in [0.29, 0.717) is 42.6 Å². The van der Waals surface area contributed by atoms with Crippen LogP contribution in [-0.2, 0) is 4.79 Å². The number of hydrogen-bond donors (Lipinski definition) is 1. The van der Waals surface area contributed by atoms with Crippen molar-refractivity contribution in [1.29, 1.82) is 0 Å². The molecule has 24 heavy (non-hydrogen) atoms. The molecule has 0 aromatic heterocycles. The van der Waals surface area contributed by atoms with Crippen LogP contribution >= 0.6 is 0 Å². The van der Waals surface area contributed by atoms with E-state index in [9.17, 15) is 9.18 Å². The Morgan fingerprint density at radius 2 is 1.88 bits per heavy atom. The van der Waals surface area contributed by atoms with Gasteiger partial charge in [0.25, 0.3) is 5.91 Å². The van der Waals surface area contributed by atoms with E-state index in [1.807, 2.05) is 6.92 Å². The number of rotatable bonds is 5. The molecule has 6 heteroatoms. The molecule has 0 radical (unpaired) electrons. The number of nitrogens with one attached hydrogen (secondary N) is 1. The van der Waals surface area contributed by atoms with E-state index in [2.05, 4.69) is 5.32 Å². The molecule has 5 nitrogen and oxygen atoms in total. The maximum absolute atomic E-state index is 12.9. The van der Waals surface area contributed by atoms with Crippen LogP contribution in [0.4, 0.5) is 10.1 Å². The number of carbonyl (C=O) groups excluding carboxylic acids is 1. The minimum Gasteiger partial charge on any atom is -0.486 e. The second-order valence-corrected chi connectivity index (χ2v) is 5.32. The molecule has 3 rings (SSSR count). The van der Waals surface area contributed by atoms with E-state index < -0.39 is 6.10 Å². The average Bonchev–Trinajstić information content (AvgIpc) is 2.61. The van der Waals surface area contributed by atoms with Crippen LogP contribution < -0.4 is 19.5 Å². The second kappa shape index (κ2) is 7.21. The minimum atomic E-state index is -0.677. The molecule has 1 aliphatic heterocycles. The standard InChI is InChI=1S/C18H18FNO4/c1-2-15(24-14-6-3-12(19)4-7-14)18(21)20-13-5-8-16-17(11-13)23-10-9-22-16/h3-8,11,15H,2,9-10H2,1H3,(H,20,21)/t15-/m1/s1. The molecule has 0 unspecified atom stereocenters. The predicted octanol–water partition coefficient (Wildman–Crippen LogP) is 3.39. The van der Waals surface area contributed by atoms with Crippen LogP contribution in [0.1, 0.15) is 13.3 Å². The lowest BCUT2D eigenvalue weighted by atomic mass is 10.2. The molecule has 0 aliphatic carbocycles. The molecule has 0 spiro atoms. The van der Waals surface area contributed by atoms with Crippen molar-refractivity contribution in [2.45, 2.75) is 19.4 Å². The van der Waals surface area contributed by atoms with Gasteiger partial charge in [-0.25, -0.2) is 4.39 Å². The Morgan fingerprint density at radius 1 is 1.17 bits per heavy atom. The van der Waals surface area contributed by atoms with Gasteiger partial charge < -0.3 is 19.5 Å². The topological polar surface area (TPSA) is 56.8 Å². The molecule has 0 fully saturated rings. The van der Waals surface area contributed by atoms with Gasteiger partial charge in [-0.1, -0.05) is 6.92 Å². The van der Waals surface area contributed by atoms with Gasteiger partial charge in [-0.15, -0.1) is 0 Å². The summed E-state index contributed by atoms with van der Waals surface area (Å²) in [6, 6.07) is 10.8. The summed E-state index contributed by atoms with van der Waals surface area (Å²) in [4.78, 5) is 12.4. The molecule has 0 saturated heterocycles. The highest BCUT2D eigenvalue weighted by atomic mass is 19.1. The fraction of sp³-hybridized carbons (Fsp3) is 0.278.